The molecule has 0 aromatic carbocycles. The fourth-order valence-electron chi connectivity index (χ4n) is 2.50. The molecule has 21 heavy (non-hydrogen) atoms. The maximum atomic E-state index is 12.0. The number of carbonyl (C=O) groups excluding carboxylic acids is 2. The molecule has 2 aliphatic rings. The third-order valence-electron chi connectivity index (χ3n) is 3.55. The Morgan fingerprint density at radius 2 is 2.14 bits per heavy atom. The SMILES string of the molecule is C[C@@H]1CN[C@@H](C2=CCN(C(=O)OC(C)(C)C)CC2)C(=O)N1. The standard InChI is InChI=1S/C15H25N3O3/c1-10-9-16-12(13(19)17-10)11-5-7-18(8-6-11)14(20)21-15(2,3)4/h5,10,12,16H,6-9H2,1-4H3,(H,17,19)/t10-,12+/m1/s1. The monoisotopic (exact) mass is 295 g/mol. The summed E-state index contributed by atoms with van der Waals surface area (Å²) in [5.41, 5.74) is 0.571. The first-order chi connectivity index (χ1) is 9.76. The predicted octanol–water partition coefficient (Wildman–Crippen LogP) is 1.03. The highest BCUT2D eigenvalue weighted by Gasteiger charge is 2.31. The molecule has 0 radical (unpaired) electrons. The van der Waals surface area contributed by atoms with E-state index in [2.05, 4.69) is 10.6 Å². The number of nitrogens with zero attached hydrogens (tertiary/aromatic N) is 1. The highest BCUT2D eigenvalue weighted by molar-refractivity contribution is 5.86. The van der Waals surface area contributed by atoms with Crippen LogP contribution < -0.4 is 10.6 Å². The fraction of sp³-hybridized carbons (Fsp3) is 0.733. The number of amides is 2. The highest BCUT2D eigenvalue weighted by atomic mass is 16.6. The molecule has 0 aliphatic carbocycles. The van der Waals surface area contributed by atoms with Crippen LogP contribution in [0.1, 0.15) is 34.1 Å². The van der Waals surface area contributed by atoms with Crippen molar-refractivity contribution in [1.29, 1.82) is 0 Å². The summed E-state index contributed by atoms with van der Waals surface area (Å²) in [7, 11) is 0. The van der Waals surface area contributed by atoms with E-state index in [1.807, 2.05) is 33.8 Å². The number of hydrogen-bond acceptors (Lipinski definition) is 4. The normalized spacial score (nSPS) is 27.0. The van der Waals surface area contributed by atoms with E-state index in [4.69, 9.17) is 4.74 Å². The van der Waals surface area contributed by atoms with Gasteiger partial charge in [0.05, 0.1) is 0 Å². The van der Waals surface area contributed by atoms with Crippen LogP contribution >= 0.6 is 0 Å². The molecule has 2 aliphatic heterocycles. The molecule has 0 spiro atoms. The first-order valence-electron chi connectivity index (χ1n) is 7.47. The zero-order chi connectivity index (χ0) is 15.6. The third-order valence-corrected chi connectivity index (χ3v) is 3.55. The minimum absolute atomic E-state index is 0.0192. The summed E-state index contributed by atoms with van der Waals surface area (Å²) in [4.78, 5) is 25.6. The summed E-state index contributed by atoms with van der Waals surface area (Å²) < 4.78 is 5.36. The van der Waals surface area contributed by atoms with E-state index in [0.29, 0.717) is 19.5 Å². The van der Waals surface area contributed by atoms with Crippen molar-refractivity contribution in [2.24, 2.45) is 0 Å². The van der Waals surface area contributed by atoms with Gasteiger partial charge in [-0.2, -0.15) is 0 Å². The van der Waals surface area contributed by atoms with Crippen LogP contribution in [0.4, 0.5) is 4.79 Å². The first kappa shape index (κ1) is 15.8. The van der Waals surface area contributed by atoms with Crippen molar-refractivity contribution in [1.82, 2.24) is 15.5 Å². The minimum atomic E-state index is -0.484. The molecule has 2 rings (SSSR count). The second kappa shape index (κ2) is 6.05. The van der Waals surface area contributed by atoms with Gasteiger partial charge in [0.25, 0.3) is 0 Å². The van der Waals surface area contributed by atoms with Crippen LogP contribution in [0.25, 0.3) is 0 Å². The Balaban J connectivity index is 1.93. The lowest BCUT2D eigenvalue weighted by Gasteiger charge is -2.34. The van der Waals surface area contributed by atoms with Gasteiger partial charge in [-0.3, -0.25) is 4.79 Å². The molecule has 6 heteroatoms. The van der Waals surface area contributed by atoms with Gasteiger partial charge >= 0.3 is 6.09 Å². The molecule has 2 heterocycles. The second-order valence-corrected chi connectivity index (χ2v) is 6.71. The van der Waals surface area contributed by atoms with E-state index in [9.17, 15) is 9.59 Å². The van der Waals surface area contributed by atoms with Gasteiger partial charge in [0, 0.05) is 25.7 Å². The molecule has 1 saturated heterocycles. The van der Waals surface area contributed by atoms with Gasteiger partial charge in [-0.1, -0.05) is 6.08 Å². The lowest BCUT2D eigenvalue weighted by atomic mass is 9.97. The third kappa shape index (κ3) is 4.20. The van der Waals surface area contributed by atoms with Crippen molar-refractivity contribution in [3.8, 4) is 0 Å². The summed E-state index contributed by atoms with van der Waals surface area (Å²) in [6, 6.07) is -0.0989. The molecule has 2 atom stereocenters. The Hall–Kier alpha value is -1.56. The largest absolute Gasteiger partial charge is 0.444 e. The van der Waals surface area contributed by atoms with Crippen LogP contribution in [0, 0.1) is 0 Å². The smallest absolute Gasteiger partial charge is 0.410 e. The van der Waals surface area contributed by atoms with Gasteiger partial charge in [-0.25, -0.2) is 4.79 Å². The molecule has 2 N–H and O–H groups in total. The van der Waals surface area contributed by atoms with E-state index in [0.717, 1.165) is 12.1 Å². The number of ether oxygens (including phenoxy) is 1. The average Bonchev–Trinajstić information content (AvgIpc) is 2.37. The molecule has 0 aromatic heterocycles. The van der Waals surface area contributed by atoms with Crippen LogP contribution in [-0.4, -0.2) is 54.2 Å². The van der Waals surface area contributed by atoms with Gasteiger partial charge in [-0.05, 0) is 39.7 Å². The lowest BCUT2D eigenvalue weighted by Crippen LogP contribution is -2.58. The predicted molar refractivity (Wildman–Crippen MR) is 79.9 cm³/mol. The molecule has 0 saturated carbocycles. The highest BCUT2D eigenvalue weighted by Crippen LogP contribution is 2.18. The Kier molecular flexibility index (Phi) is 4.56. The zero-order valence-corrected chi connectivity index (χ0v) is 13.2. The fourth-order valence-corrected chi connectivity index (χ4v) is 2.50. The van der Waals surface area contributed by atoms with Crippen molar-refractivity contribution in [2.75, 3.05) is 19.6 Å². The van der Waals surface area contributed by atoms with Crippen molar-refractivity contribution >= 4 is 12.0 Å². The maximum Gasteiger partial charge on any atom is 0.410 e. The minimum Gasteiger partial charge on any atom is -0.444 e. The summed E-state index contributed by atoms with van der Waals surface area (Å²) in [6.45, 7) is 9.38. The quantitative estimate of drug-likeness (QED) is 0.709. The van der Waals surface area contributed by atoms with Gasteiger partial charge in [0.1, 0.15) is 11.6 Å². The molecule has 2 amide bonds. The molecule has 0 aromatic rings. The van der Waals surface area contributed by atoms with Crippen LogP contribution in [0.15, 0.2) is 11.6 Å². The van der Waals surface area contributed by atoms with E-state index in [-0.39, 0.29) is 24.1 Å². The number of carbonyl (C=O) groups is 2. The average molecular weight is 295 g/mol. The first-order valence-corrected chi connectivity index (χ1v) is 7.47. The van der Waals surface area contributed by atoms with Crippen LogP contribution in [0.3, 0.4) is 0 Å². The van der Waals surface area contributed by atoms with Gasteiger partial charge in [0.15, 0.2) is 0 Å². The molecular weight excluding hydrogens is 270 g/mol. The van der Waals surface area contributed by atoms with Crippen LogP contribution in [0.5, 0.6) is 0 Å². The van der Waals surface area contributed by atoms with E-state index >= 15 is 0 Å². The molecule has 6 nitrogen and oxygen atoms in total. The zero-order valence-electron chi connectivity index (χ0n) is 13.2. The van der Waals surface area contributed by atoms with Crippen molar-refractivity contribution in [3.63, 3.8) is 0 Å². The van der Waals surface area contributed by atoms with E-state index in [1.165, 1.54) is 0 Å². The van der Waals surface area contributed by atoms with Crippen molar-refractivity contribution in [2.45, 2.75) is 51.8 Å². The van der Waals surface area contributed by atoms with E-state index in [1.54, 1.807) is 4.90 Å². The topological polar surface area (TPSA) is 70.7 Å². The second-order valence-electron chi connectivity index (χ2n) is 6.71. The van der Waals surface area contributed by atoms with Crippen LogP contribution in [0.2, 0.25) is 0 Å². The number of nitrogens with one attached hydrogen (secondary N) is 2. The Morgan fingerprint density at radius 1 is 1.43 bits per heavy atom. The molecule has 118 valence electrons. The summed E-state index contributed by atoms with van der Waals surface area (Å²) in [5.74, 6) is 0.0192. The van der Waals surface area contributed by atoms with Crippen LogP contribution in [-0.2, 0) is 9.53 Å². The molecular formula is C15H25N3O3. The van der Waals surface area contributed by atoms with Gasteiger partial charge in [-0.15, -0.1) is 0 Å². The van der Waals surface area contributed by atoms with Gasteiger partial charge < -0.3 is 20.3 Å². The molecule has 0 bridgehead atoms. The summed E-state index contributed by atoms with van der Waals surface area (Å²) in [6.07, 6.45) is 2.35. The number of rotatable bonds is 1. The summed E-state index contributed by atoms with van der Waals surface area (Å²) >= 11 is 0. The summed E-state index contributed by atoms with van der Waals surface area (Å²) in [5, 5.41) is 6.20. The van der Waals surface area contributed by atoms with E-state index < -0.39 is 5.60 Å². The molecule has 0 unspecified atom stereocenters. The van der Waals surface area contributed by atoms with Gasteiger partial charge in [0.2, 0.25) is 5.91 Å². The Morgan fingerprint density at radius 3 is 2.67 bits per heavy atom. The number of piperazine rings is 1. The molecule has 1 fully saturated rings. The number of hydrogen-bond donors (Lipinski definition) is 2. The Bertz CT molecular complexity index is 454. The Labute approximate surface area is 125 Å². The van der Waals surface area contributed by atoms with Crippen molar-refractivity contribution in [3.05, 3.63) is 11.6 Å². The lowest BCUT2D eigenvalue weighted by molar-refractivity contribution is -0.124. The maximum absolute atomic E-state index is 12.0. The van der Waals surface area contributed by atoms with Crippen molar-refractivity contribution < 1.29 is 14.3 Å².